The molecule has 0 amide bonds. The first-order valence-electron chi connectivity index (χ1n) is 8.24. The van der Waals surface area contributed by atoms with Crippen LogP contribution in [0.2, 0.25) is 0 Å². The molecule has 0 unspecified atom stereocenters. The van der Waals surface area contributed by atoms with Crippen LogP contribution in [0.15, 0.2) is 15.2 Å². The monoisotopic (exact) mass is 319 g/mol. The van der Waals surface area contributed by atoms with Gasteiger partial charge in [0.15, 0.2) is 5.89 Å². The van der Waals surface area contributed by atoms with E-state index in [4.69, 9.17) is 13.7 Å². The van der Waals surface area contributed by atoms with Gasteiger partial charge in [-0.15, -0.1) is 0 Å². The fourth-order valence-corrected chi connectivity index (χ4v) is 3.18. The zero-order chi connectivity index (χ0) is 16.5. The summed E-state index contributed by atoms with van der Waals surface area (Å²) in [6, 6.07) is 0. The third kappa shape index (κ3) is 3.17. The minimum Gasteiger partial charge on any atom is -0.448 e. The van der Waals surface area contributed by atoms with Crippen molar-refractivity contribution in [2.75, 3.05) is 13.7 Å². The molecule has 2 aromatic rings. The first kappa shape index (κ1) is 16.2. The predicted molar refractivity (Wildman–Crippen MR) is 85.1 cm³/mol. The first-order chi connectivity index (χ1) is 10.9. The topological polar surface area (TPSA) is 74.2 Å². The standard InChI is InChI=1S/C17H25N3O3/c1-16(2,3)14-18-12(11-22-14)13-19-15(23-20-13)17(9-10-21-4)7-5-6-8-17/h11H,5-10H2,1-4H3. The van der Waals surface area contributed by atoms with E-state index in [0.717, 1.165) is 19.3 Å². The SMILES string of the molecule is COCCC1(c2nc(-c3coc(C(C)(C)C)n3)no2)CCCC1. The lowest BCUT2D eigenvalue weighted by atomic mass is 9.83. The van der Waals surface area contributed by atoms with Gasteiger partial charge < -0.3 is 13.7 Å². The van der Waals surface area contributed by atoms with Crippen LogP contribution in [0.1, 0.15) is 64.7 Å². The van der Waals surface area contributed by atoms with Crippen molar-refractivity contribution in [2.45, 2.75) is 63.7 Å². The number of hydrogen-bond donors (Lipinski definition) is 0. The highest BCUT2D eigenvalue weighted by Gasteiger charge is 2.40. The summed E-state index contributed by atoms with van der Waals surface area (Å²) >= 11 is 0. The number of rotatable bonds is 5. The summed E-state index contributed by atoms with van der Waals surface area (Å²) in [7, 11) is 1.73. The summed E-state index contributed by atoms with van der Waals surface area (Å²) in [5.41, 5.74) is 0.443. The summed E-state index contributed by atoms with van der Waals surface area (Å²) in [5, 5.41) is 4.13. The smallest absolute Gasteiger partial charge is 0.233 e. The zero-order valence-electron chi connectivity index (χ0n) is 14.4. The maximum absolute atomic E-state index is 5.60. The van der Waals surface area contributed by atoms with E-state index in [-0.39, 0.29) is 10.8 Å². The third-order valence-corrected chi connectivity index (χ3v) is 4.60. The van der Waals surface area contributed by atoms with Crippen molar-refractivity contribution >= 4 is 0 Å². The van der Waals surface area contributed by atoms with Crippen LogP contribution in [0.5, 0.6) is 0 Å². The lowest BCUT2D eigenvalue weighted by Crippen LogP contribution is -2.24. The molecule has 2 heterocycles. The zero-order valence-corrected chi connectivity index (χ0v) is 14.4. The maximum atomic E-state index is 5.60. The van der Waals surface area contributed by atoms with Gasteiger partial charge in [-0.25, -0.2) is 4.98 Å². The van der Waals surface area contributed by atoms with Crippen molar-refractivity contribution in [2.24, 2.45) is 0 Å². The molecule has 0 aromatic carbocycles. The highest BCUT2D eigenvalue weighted by molar-refractivity contribution is 5.46. The molecule has 0 atom stereocenters. The molecule has 0 aliphatic heterocycles. The molecular weight excluding hydrogens is 294 g/mol. The second-order valence-electron chi connectivity index (χ2n) is 7.44. The fraction of sp³-hybridized carbons (Fsp3) is 0.706. The normalized spacial score (nSPS) is 17.7. The van der Waals surface area contributed by atoms with E-state index in [2.05, 4.69) is 35.9 Å². The molecular formula is C17H25N3O3. The van der Waals surface area contributed by atoms with Gasteiger partial charge in [-0.05, 0) is 19.3 Å². The van der Waals surface area contributed by atoms with Crippen molar-refractivity contribution in [1.29, 1.82) is 0 Å². The van der Waals surface area contributed by atoms with Crippen LogP contribution in [0, 0.1) is 0 Å². The number of oxazole rings is 1. The molecule has 23 heavy (non-hydrogen) atoms. The van der Waals surface area contributed by atoms with Crippen LogP contribution < -0.4 is 0 Å². The van der Waals surface area contributed by atoms with Gasteiger partial charge in [0, 0.05) is 19.1 Å². The van der Waals surface area contributed by atoms with Crippen molar-refractivity contribution < 1.29 is 13.7 Å². The van der Waals surface area contributed by atoms with Gasteiger partial charge in [0.1, 0.15) is 12.0 Å². The van der Waals surface area contributed by atoms with Gasteiger partial charge in [-0.3, -0.25) is 0 Å². The number of ether oxygens (including phenoxy) is 1. The molecule has 6 nitrogen and oxygen atoms in total. The molecule has 0 saturated heterocycles. The van der Waals surface area contributed by atoms with Crippen molar-refractivity contribution in [3.05, 3.63) is 18.0 Å². The largest absolute Gasteiger partial charge is 0.448 e. The van der Waals surface area contributed by atoms with Crippen molar-refractivity contribution in [3.8, 4) is 11.5 Å². The second-order valence-corrected chi connectivity index (χ2v) is 7.44. The molecule has 1 aliphatic rings. The Balaban J connectivity index is 1.86. The highest BCUT2D eigenvalue weighted by Crippen LogP contribution is 2.43. The quantitative estimate of drug-likeness (QED) is 0.833. The Morgan fingerprint density at radius 1 is 1.22 bits per heavy atom. The average Bonchev–Trinajstić information content (AvgIpc) is 3.22. The van der Waals surface area contributed by atoms with E-state index in [9.17, 15) is 0 Å². The van der Waals surface area contributed by atoms with Gasteiger partial charge in [-0.1, -0.05) is 38.8 Å². The Morgan fingerprint density at radius 3 is 2.57 bits per heavy atom. The summed E-state index contributed by atoms with van der Waals surface area (Å²) in [5.74, 6) is 1.89. The van der Waals surface area contributed by atoms with E-state index in [0.29, 0.717) is 29.9 Å². The number of hydrogen-bond acceptors (Lipinski definition) is 6. The molecule has 3 rings (SSSR count). The average molecular weight is 319 g/mol. The minimum absolute atomic E-state index is 0.0438. The first-order valence-corrected chi connectivity index (χ1v) is 8.24. The van der Waals surface area contributed by atoms with Crippen LogP contribution in [-0.2, 0) is 15.6 Å². The fourth-order valence-electron chi connectivity index (χ4n) is 3.18. The Bertz CT molecular complexity index is 648. The Kier molecular flexibility index (Phi) is 4.27. The lowest BCUT2D eigenvalue weighted by molar-refractivity contribution is 0.152. The van der Waals surface area contributed by atoms with Crippen molar-refractivity contribution in [3.63, 3.8) is 0 Å². The third-order valence-electron chi connectivity index (χ3n) is 4.60. The summed E-state index contributed by atoms with van der Waals surface area (Å²) in [4.78, 5) is 9.13. The summed E-state index contributed by atoms with van der Waals surface area (Å²) < 4.78 is 16.4. The van der Waals surface area contributed by atoms with Crippen LogP contribution in [-0.4, -0.2) is 28.8 Å². The lowest BCUT2D eigenvalue weighted by Gasteiger charge is -2.23. The molecule has 6 heteroatoms. The van der Waals surface area contributed by atoms with Crippen LogP contribution >= 0.6 is 0 Å². The number of aromatic nitrogens is 3. The maximum Gasteiger partial charge on any atom is 0.233 e. The Hall–Kier alpha value is -1.69. The van der Waals surface area contributed by atoms with Crippen molar-refractivity contribution in [1.82, 2.24) is 15.1 Å². The predicted octanol–water partition coefficient (Wildman–Crippen LogP) is 3.87. The number of nitrogens with zero attached hydrogens (tertiary/aromatic N) is 3. The molecule has 2 aromatic heterocycles. The molecule has 0 bridgehead atoms. The molecule has 1 saturated carbocycles. The summed E-state index contributed by atoms with van der Waals surface area (Å²) in [6.07, 6.45) is 7.05. The van der Waals surface area contributed by atoms with Crippen LogP contribution in [0.25, 0.3) is 11.5 Å². The van der Waals surface area contributed by atoms with E-state index in [1.807, 2.05) is 0 Å². The second kappa shape index (κ2) is 6.07. The van der Waals surface area contributed by atoms with Gasteiger partial charge in [0.2, 0.25) is 11.7 Å². The Morgan fingerprint density at radius 2 is 1.96 bits per heavy atom. The van der Waals surface area contributed by atoms with Gasteiger partial charge in [0.05, 0.1) is 5.41 Å². The summed E-state index contributed by atoms with van der Waals surface area (Å²) in [6.45, 7) is 6.88. The molecule has 1 fully saturated rings. The van der Waals surface area contributed by atoms with Crippen LogP contribution in [0.3, 0.4) is 0 Å². The Labute approximate surface area is 136 Å². The van der Waals surface area contributed by atoms with E-state index < -0.39 is 0 Å². The molecule has 0 radical (unpaired) electrons. The van der Waals surface area contributed by atoms with Gasteiger partial charge in [0.25, 0.3) is 0 Å². The highest BCUT2D eigenvalue weighted by atomic mass is 16.5. The van der Waals surface area contributed by atoms with E-state index in [1.54, 1.807) is 13.4 Å². The molecule has 0 spiro atoms. The van der Waals surface area contributed by atoms with E-state index >= 15 is 0 Å². The van der Waals surface area contributed by atoms with Crippen LogP contribution in [0.4, 0.5) is 0 Å². The molecule has 1 aliphatic carbocycles. The minimum atomic E-state index is -0.143. The number of methoxy groups -OCH3 is 1. The van der Waals surface area contributed by atoms with E-state index in [1.165, 1.54) is 12.8 Å². The molecule has 126 valence electrons. The molecule has 0 N–H and O–H groups in total. The van der Waals surface area contributed by atoms with Gasteiger partial charge in [-0.2, -0.15) is 4.98 Å². The van der Waals surface area contributed by atoms with Gasteiger partial charge >= 0.3 is 0 Å².